The topological polar surface area (TPSA) is 44.0 Å². The van der Waals surface area contributed by atoms with Crippen LogP contribution in [-0.4, -0.2) is 11.3 Å². The summed E-state index contributed by atoms with van der Waals surface area (Å²) in [6.07, 6.45) is -0.571. The van der Waals surface area contributed by atoms with Gasteiger partial charge in [0.2, 0.25) is 0 Å². The fourth-order valence-electron chi connectivity index (χ4n) is 3.90. The molecular formula is C21H23ClF3NO. The molecule has 0 aliphatic heterocycles. The summed E-state index contributed by atoms with van der Waals surface area (Å²) in [5, 5.41) is 19.4. The van der Waals surface area contributed by atoms with Crippen LogP contribution in [0, 0.1) is 22.7 Å². The van der Waals surface area contributed by atoms with Crippen molar-refractivity contribution >= 4 is 11.6 Å². The van der Waals surface area contributed by atoms with Crippen molar-refractivity contribution in [2.24, 2.45) is 11.3 Å². The molecule has 27 heavy (non-hydrogen) atoms. The van der Waals surface area contributed by atoms with Crippen LogP contribution in [0.25, 0.3) is 0 Å². The van der Waals surface area contributed by atoms with E-state index in [0.29, 0.717) is 23.1 Å². The molecule has 3 unspecified atom stereocenters. The molecular weight excluding hydrogens is 375 g/mol. The van der Waals surface area contributed by atoms with Gasteiger partial charge in [-0.1, -0.05) is 50.1 Å². The second-order valence-electron chi connectivity index (χ2n) is 7.41. The van der Waals surface area contributed by atoms with E-state index in [9.17, 15) is 18.3 Å². The molecule has 0 bridgehead atoms. The number of hydrogen-bond acceptors (Lipinski definition) is 2. The van der Waals surface area contributed by atoms with E-state index in [1.54, 1.807) is 32.9 Å². The fraction of sp³-hybridized carbons (Fsp3) is 0.476. The second kappa shape index (κ2) is 7.98. The maximum absolute atomic E-state index is 14.0. The van der Waals surface area contributed by atoms with Gasteiger partial charge in [0.05, 0.1) is 23.3 Å². The van der Waals surface area contributed by atoms with E-state index >= 15 is 0 Å². The number of benzene rings is 1. The summed E-state index contributed by atoms with van der Waals surface area (Å²) in [7, 11) is 0. The predicted molar refractivity (Wildman–Crippen MR) is 101 cm³/mol. The Labute approximate surface area is 163 Å². The van der Waals surface area contributed by atoms with Crippen molar-refractivity contribution in [1.82, 2.24) is 0 Å². The molecule has 2 rings (SSSR count). The number of nitrogens with zero attached hydrogens (tertiary/aromatic N) is 1. The number of aliphatic hydroxyl groups excluding tert-OH is 1. The monoisotopic (exact) mass is 397 g/mol. The number of allylic oxidation sites excluding steroid dienone is 4. The Balaban J connectivity index is 2.66. The molecule has 0 fully saturated rings. The Morgan fingerprint density at radius 2 is 2.04 bits per heavy atom. The Kier molecular flexibility index (Phi) is 6.32. The SMILES string of the molecule is CCCC(C(c1ccc(C#N)cc1Cl)C1(C)C=CC(C)=C(O)C1)C(F)(F)F. The van der Waals surface area contributed by atoms with Crippen LogP contribution in [0.1, 0.15) is 57.1 Å². The first kappa shape index (κ1) is 21.4. The zero-order valence-corrected chi connectivity index (χ0v) is 16.3. The summed E-state index contributed by atoms with van der Waals surface area (Å²) < 4.78 is 42.1. The molecule has 0 aromatic heterocycles. The molecule has 3 atom stereocenters. The first-order valence-electron chi connectivity index (χ1n) is 8.87. The summed E-state index contributed by atoms with van der Waals surface area (Å²) in [6, 6.07) is 6.36. The molecule has 0 heterocycles. The highest BCUT2D eigenvalue weighted by atomic mass is 35.5. The van der Waals surface area contributed by atoms with E-state index in [2.05, 4.69) is 0 Å². The zero-order valence-electron chi connectivity index (χ0n) is 15.6. The van der Waals surface area contributed by atoms with E-state index in [0.717, 1.165) is 0 Å². The third kappa shape index (κ3) is 4.50. The van der Waals surface area contributed by atoms with Crippen LogP contribution in [0.2, 0.25) is 5.02 Å². The molecule has 1 aliphatic carbocycles. The van der Waals surface area contributed by atoms with Gasteiger partial charge in [-0.15, -0.1) is 0 Å². The third-order valence-electron chi connectivity index (χ3n) is 5.32. The Morgan fingerprint density at radius 3 is 2.52 bits per heavy atom. The van der Waals surface area contributed by atoms with Crippen LogP contribution in [0.3, 0.4) is 0 Å². The average Bonchev–Trinajstić information content (AvgIpc) is 2.58. The van der Waals surface area contributed by atoms with Crippen molar-refractivity contribution in [2.45, 2.75) is 52.1 Å². The van der Waals surface area contributed by atoms with Crippen molar-refractivity contribution in [1.29, 1.82) is 5.26 Å². The van der Waals surface area contributed by atoms with Crippen LogP contribution >= 0.6 is 11.6 Å². The largest absolute Gasteiger partial charge is 0.512 e. The predicted octanol–water partition coefficient (Wildman–Crippen LogP) is 7.07. The Bertz CT molecular complexity index is 807. The zero-order chi connectivity index (χ0) is 20.4. The molecule has 0 amide bonds. The van der Waals surface area contributed by atoms with Crippen molar-refractivity contribution < 1.29 is 18.3 Å². The maximum atomic E-state index is 14.0. The Hall–Kier alpha value is -1.93. The summed E-state index contributed by atoms with van der Waals surface area (Å²) >= 11 is 6.33. The van der Waals surface area contributed by atoms with Crippen molar-refractivity contribution in [3.05, 3.63) is 57.8 Å². The number of hydrogen-bond donors (Lipinski definition) is 1. The summed E-state index contributed by atoms with van der Waals surface area (Å²) in [5.74, 6) is -2.51. The number of aliphatic hydroxyl groups is 1. The van der Waals surface area contributed by atoms with Crippen molar-refractivity contribution in [3.8, 4) is 6.07 Å². The van der Waals surface area contributed by atoms with Crippen LogP contribution in [0.5, 0.6) is 0 Å². The van der Waals surface area contributed by atoms with Crippen molar-refractivity contribution in [2.75, 3.05) is 0 Å². The standard InChI is InChI=1S/C21H23ClF3NO/c1-4-5-16(21(23,24)25)19(15-7-6-14(12-26)10-17(15)22)20(3)9-8-13(2)18(27)11-20/h6-10,16,19,27H,4-5,11H2,1-3H3. The van der Waals surface area contributed by atoms with Gasteiger partial charge < -0.3 is 5.11 Å². The minimum atomic E-state index is -4.42. The van der Waals surface area contributed by atoms with E-state index in [4.69, 9.17) is 16.9 Å². The van der Waals surface area contributed by atoms with Gasteiger partial charge in [-0.05, 0) is 36.6 Å². The molecule has 1 aliphatic rings. The van der Waals surface area contributed by atoms with Gasteiger partial charge in [0.1, 0.15) is 0 Å². The highest BCUT2D eigenvalue weighted by molar-refractivity contribution is 6.31. The normalized spacial score (nSPS) is 22.4. The lowest BCUT2D eigenvalue weighted by Gasteiger charge is -2.43. The number of alkyl halides is 3. The third-order valence-corrected chi connectivity index (χ3v) is 5.64. The van der Waals surface area contributed by atoms with Gasteiger partial charge in [-0.2, -0.15) is 18.4 Å². The molecule has 0 spiro atoms. The first-order valence-corrected chi connectivity index (χ1v) is 9.25. The summed E-state index contributed by atoms with van der Waals surface area (Å²) in [4.78, 5) is 0. The molecule has 0 saturated carbocycles. The van der Waals surface area contributed by atoms with Crippen LogP contribution in [0.4, 0.5) is 13.2 Å². The highest BCUT2D eigenvalue weighted by Crippen LogP contribution is 2.55. The molecule has 1 aromatic carbocycles. The molecule has 2 nitrogen and oxygen atoms in total. The number of rotatable bonds is 5. The quantitative estimate of drug-likeness (QED) is 0.577. The lowest BCUT2D eigenvalue weighted by molar-refractivity contribution is -0.189. The molecule has 1 N–H and O–H groups in total. The van der Waals surface area contributed by atoms with E-state index < -0.39 is 23.4 Å². The maximum Gasteiger partial charge on any atom is 0.392 e. The first-order chi connectivity index (χ1) is 12.5. The number of nitriles is 1. The second-order valence-corrected chi connectivity index (χ2v) is 7.82. The summed E-state index contributed by atoms with van der Waals surface area (Å²) in [5.41, 5.74) is 0.336. The van der Waals surface area contributed by atoms with Crippen LogP contribution < -0.4 is 0 Å². The van der Waals surface area contributed by atoms with Crippen molar-refractivity contribution in [3.63, 3.8) is 0 Å². The summed E-state index contributed by atoms with van der Waals surface area (Å²) in [6.45, 7) is 5.17. The van der Waals surface area contributed by atoms with Gasteiger partial charge >= 0.3 is 6.18 Å². The van der Waals surface area contributed by atoms with Gasteiger partial charge in [0, 0.05) is 22.8 Å². The molecule has 0 saturated heterocycles. The molecule has 146 valence electrons. The van der Waals surface area contributed by atoms with Gasteiger partial charge in [-0.25, -0.2) is 0 Å². The van der Waals surface area contributed by atoms with E-state index in [1.165, 1.54) is 18.2 Å². The molecule has 6 heteroatoms. The van der Waals surface area contributed by atoms with Crippen LogP contribution in [0.15, 0.2) is 41.7 Å². The van der Waals surface area contributed by atoms with Gasteiger partial charge in [0.15, 0.2) is 0 Å². The van der Waals surface area contributed by atoms with E-state index in [1.807, 2.05) is 6.07 Å². The lowest BCUT2D eigenvalue weighted by atomic mass is 9.62. The fourth-order valence-corrected chi connectivity index (χ4v) is 4.19. The average molecular weight is 398 g/mol. The van der Waals surface area contributed by atoms with Crippen LogP contribution in [-0.2, 0) is 0 Å². The van der Waals surface area contributed by atoms with E-state index in [-0.39, 0.29) is 23.6 Å². The van der Waals surface area contributed by atoms with Gasteiger partial charge in [-0.3, -0.25) is 0 Å². The molecule has 1 aromatic rings. The minimum absolute atomic E-state index is 0.0443. The minimum Gasteiger partial charge on any atom is -0.512 e. The highest BCUT2D eigenvalue weighted by Gasteiger charge is 2.51. The van der Waals surface area contributed by atoms with Gasteiger partial charge in [0.25, 0.3) is 0 Å². The lowest BCUT2D eigenvalue weighted by Crippen LogP contribution is -2.39. The smallest absolute Gasteiger partial charge is 0.392 e. The Morgan fingerprint density at radius 1 is 1.37 bits per heavy atom. The molecule has 0 radical (unpaired) electrons. The number of halogens is 4.